The van der Waals surface area contributed by atoms with E-state index in [1.54, 1.807) is 23.0 Å². The van der Waals surface area contributed by atoms with E-state index in [4.69, 9.17) is 10.5 Å². The SMILES string of the molecule is Cn1cnnc1SCC(O)COc1ccccc1N. The standard InChI is InChI=1S/C12H16N4O2S/c1-16-8-14-15-12(16)19-7-9(17)6-18-11-5-3-2-4-10(11)13/h2-5,8-9,17H,6-7,13H2,1H3. The summed E-state index contributed by atoms with van der Waals surface area (Å²) in [4.78, 5) is 0. The molecule has 0 aliphatic carbocycles. The number of anilines is 1. The maximum absolute atomic E-state index is 9.85. The highest BCUT2D eigenvalue weighted by molar-refractivity contribution is 7.99. The molecule has 0 fully saturated rings. The fraction of sp³-hybridized carbons (Fsp3) is 0.333. The van der Waals surface area contributed by atoms with Crippen LogP contribution in [0.25, 0.3) is 0 Å². The van der Waals surface area contributed by atoms with Gasteiger partial charge in [-0.05, 0) is 12.1 Å². The van der Waals surface area contributed by atoms with Gasteiger partial charge >= 0.3 is 0 Å². The zero-order valence-electron chi connectivity index (χ0n) is 10.6. The first-order chi connectivity index (χ1) is 9.16. The van der Waals surface area contributed by atoms with E-state index in [1.807, 2.05) is 19.2 Å². The molecule has 0 radical (unpaired) electrons. The minimum Gasteiger partial charge on any atom is -0.489 e. The zero-order chi connectivity index (χ0) is 13.7. The van der Waals surface area contributed by atoms with Gasteiger partial charge in [0.25, 0.3) is 0 Å². The number of nitrogen functional groups attached to an aromatic ring is 1. The first-order valence-corrected chi connectivity index (χ1v) is 6.77. The molecule has 0 amide bonds. The molecule has 0 aliphatic heterocycles. The fourth-order valence-corrected chi connectivity index (χ4v) is 2.21. The number of aliphatic hydroxyl groups is 1. The molecule has 0 saturated heterocycles. The summed E-state index contributed by atoms with van der Waals surface area (Å²) >= 11 is 1.43. The molecule has 3 N–H and O–H groups in total. The van der Waals surface area contributed by atoms with E-state index >= 15 is 0 Å². The van der Waals surface area contributed by atoms with Crippen LogP contribution in [-0.4, -0.2) is 38.3 Å². The summed E-state index contributed by atoms with van der Waals surface area (Å²) in [6.07, 6.45) is 1.02. The number of nitrogens with zero attached hydrogens (tertiary/aromatic N) is 3. The minimum absolute atomic E-state index is 0.194. The van der Waals surface area contributed by atoms with E-state index in [1.165, 1.54) is 11.8 Å². The van der Waals surface area contributed by atoms with E-state index in [0.29, 0.717) is 17.2 Å². The number of rotatable bonds is 6. The van der Waals surface area contributed by atoms with Crippen LogP contribution in [0.15, 0.2) is 35.7 Å². The average Bonchev–Trinajstić information content (AvgIpc) is 2.81. The van der Waals surface area contributed by atoms with E-state index in [-0.39, 0.29) is 6.61 Å². The van der Waals surface area contributed by atoms with Crippen LogP contribution in [-0.2, 0) is 7.05 Å². The van der Waals surface area contributed by atoms with Gasteiger partial charge in [-0.15, -0.1) is 10.2 Å². The molecule has 0 saturated carbocycles. The van der Waals surface area contributed by atoms with Crippen molar-refractivity contribution >= 4 is 17.4 Å². The second-order valence-electron chi connectivity index (χ2n) is 4.04. The summed E-state index contributed by atoms with van der Waals surface area (Å²) in [5.41, 5.74) is 6.31. The summed E-state index contributed by atoms with van der Waals surface area (Å²) in [5, 5.41) is 18.3. The van der Waals surface area contributed by atoms with Crippen molar-refractivity contribution in [2.45, 2.75) is 11.3 Å². The Labute approximate surface area is 115 Å². The number of aromatic nitrogens is 3. The molecule has 1 aromatic heterocycles. The highest BCUT2D eigenvalue weighted by Crippen LogP contribution is 2.20. The van der Waals surface area contributed by atoms with Crippen molar-refractivity contribution in [1.29, 1.82) is 0 Å². The summed E-state index contributed by atoms with van der Waals surface area (Å²) in [7, 11) is 1.86. The number of hydrogen-bond donors (Lipinski definition) is 2. The van der Waals surface area contributed by atoms with Crippen molar-refractivity contribution in [3.05, 3.63) is 30.6 Å². The Bertz CT molecular complexity index is 532. The Hall–Kier alpha value is -1.73. The molecular weight excluding hydrogens is 264 g/mol. The van der Waals surface area contributed by atoms with Gasteiger partial charge < -0.3 is 20.1 Å². The van der Waals surface area contributed by atoms with Crippen molar-refractivity contribution in [1.82, 2.24) is 14.8 Å². The third-order valence-electron chi connectivity index (χ3n) is 2.42. The number of ether oxygens (including phenoxy) is 1. The number of para-hydroxylation sites is 2. The van der Waals surface area contributed by atoms with E-state index in [9.17, 15) is 5.11 Å². The van der Waals surface area contributed by atoms with Crippen LogP contribution in [0.3, 0.4) is 0 Å². The lowest BCUT2D eigenvalue weighted by Gasteiger charge is -2.12. The van der Waals surface area contributed by atoms with Crippen LogP contribution in [0.2, 0.25) is 0 Å². The predicted molar refractivity (Wildman–Crippen MR) is 74.1 cm³/mol. The van der Waals surface area contributed by atoms with Gasteiger partial charge in [-0.2, -0.15) is 0 Å². The van der Waals surface area contributed by atoms with E-state index < -0.39 is 6.10 Å². The highest BCUT2D eigenvalue weighted by Gasteiger charge is 2.10. The second kappa shape index (κ2) is 6.44. The van der Waals surface area contributed by atoms with Crippen LogP contribution in [0.1, 0.15) is 0 Å². The molecule has 0 bridgehead atoms. The van der Waals surface area contributed by atoms with Gasteiger partial charge in [0.1, 0.15) is 18.7 Å². The topological polar surface area (TPSA) is 86.2 Å². The lowest BCUT2D eigenvalue weighted by atomic mass is 10.3. The number of hydrogen-bond acceptors (Lipinski definition) is 6. The molecule has 0 aliphatic rings. The summed E-state index contributed by atoms with van der Waals surface area (Å²) in [6.45, 7) is 0.194. The second-order valence-corrected chi connectivity index (χ2v) is 5.03. The number of aryl methyl sites for hydroxylation is 1. The van der Waals surface area contributed by atoms with Crippen molar-refractivity contribution < 1.29 is 9.84 Å². The Morgan fingerprint density at radius 2 is 2.26 bits per heavy atom. The van der Waals surface area contributed by atoms with Crippen molar-refractivity contribution in [2.24, 2.45) is 7.05 Å². The van der Waals surface area contributed by atoms with Crippen LogP contribution < -0.4 is 10.5 Å². The smallest absolute Gasteiger partial charge is 0.190 e. The molecule has 1 unspecified atom stereocenters. The third kappa shape index (κ3) is 3.87. The summed E-state index contributed by atoms with van der Waals surface area (Å²) in [6, 6.07) is 7.21. The number of thioether (sulfide) groups is 1. The molecular formula is C12H16N4O2S. The van der Waals surface area contributed by atoms with Crippen molar-refractivity contribution in [2.75, 3.05) is 18.1 Å². The molecule has 1 atom stereocenters. The van der Waals surface area contributed by atoms with Crippen LogP contribution in [0, 0.1) is 0 Å². The van der Waals surface area contributed by atoms with E-state index in [2.05, 4.69) is 10.2 Å². The first-order valence-electron chi connectivity index (χ1n) is 5.79. The molecule has 2 aromatic rings. The highest BCUT2D eigenvalue weighted by atomic mass is 32.2. The molecule has 19 heavy (non-hydrogen) atoms. The van der Waals surface area contributed by atoms with Gasteiger partial charge in [0.2, 0.25) is 0 Å². The number of benzene rings is 1. The lowest BCUT2D eigenvalue weighted by Crippen LogP contribution is -2.20. The molecule has 1 aromatic carbocycles. The average molecular weight is 280 g/mol. The van der Waals surface area contributed by atoms with Gasteiger partial charge in [0.15, 0.2) is 5.16 Å². The lowest BCUT2D eigenvalue weighted by molar-refractivity contribution is 0.127. The van der Waals surface area contributed by atoms with Crippen molar-refractivity contribution in [3.63, 3.8) is 0 Å². The normalized spacial score (nSPS) is 12.3. The quantitative estimate of drug-likeness (QED) is 0.604. The van der Waals surface area contributed by atoms with E-state index in [0.717, 1.165) is 5.16 Å². The Morgan fingerprint density at radius 3 is 2.95 bits per heavy atom. The molecule has 1 heterocycles. The Kier molecular flexibility index (Phi) is 4.64. The number of nitrogens with two attached hydrogens (primary N) is 1. The van der Waals surface area contributed by atoms with Gasteiger partial charge in [0.05, 0.1) is 11.8 Å². The number of aliphatic hydroxyl groups excluding tert-OH is 1. The fourth-order valence-electron chi connectivity index (χ4n) is 1.42. The Morgan fingerprint density at radius 1 is 1.47 bits per heavy atom. The molecule has 102 valence electrons. The van der Waals surface area contributed by atoms with Gasteiger partial charge in [-0.25, -0.2) is 0 Å². The van der Waals surface area contributed by atoms with Gasteiger partial charge in [0, 0.05) is 12.8 Å². The van der Waals surface area contributed by atoms with Crippen molar-refractivity contribution in [3.8, 4) is 5.75 Å². The maximum atomic E-state index is 9.85. The van der Waals surface area contributed by atoms with Crippen LogP contribution in [0.4, 0.5) is 5.69 Å². The summed E-state index contributed by atoms with van der Waals surface area (Å²) < 4.78 is 7.27. The van der Waals surface area contributed by atoms with Crippen LogP contribution >= 0.6 is 11.8 Å². The molecule has 6 nitrogen and oxygen atoms in total. The zero-order valence-corrected chi connectivity index (χ0v) is 11.4. The van der Waals surface area contributed by atoms with Crippen LogP contribution in [0.5, 0.6) is 5.75 Å². The summed E-state index contributed by atoms with van der Waals surface area (Å²) in [5.74, 6) is 1.07. The molecule has 7 heteroatoms. The largest absolute Gasteiger partial charge is 0.489 e. The van der Waals surface area contributed by atoms with Gasteiger partial charge in [-0.1, -0.05) is 23.9 Å². The minimum atomic E-state index is -0.596. The molecule has 2 rings (SSSR count). The Balaban J connectivity index is 1.77. The predicted octanol–water partition coefficient (Wildman–Crippen LogP) is 0.929. The molecule has 0 spiro atoms. The first kappa shape index (κ1) is 13.7. The maximum Gasteiger partial charge on any atom is 0.190 e. The monoisotopic (exact) mass is 280 g/mol. The van der Waals surface area contributed by atoms with Gasteiger partial charge in [-0.3, -0.25) is 0 Å². The third-order valence-corrected chi connectivity index (χ3v) is 3.60.